The summed E-state index contributed by atoms with van der Waals surface area (Å²) in [5, 5.41) is 4.19. The lowest BCUT2D eigenvalue weighted by Crippen LogP contribution is -2.21. The van der Waals surface area contributed by atoms with Crippen LogP contribution in [0.3, 0.4) is 0 Å². The van der Waals surface area contributed by atoms with Gasteiger partial charge < -0.3 is 5.73 Å². The standard InChI is InChI=1S/C18H19N3O/c1-12(13-7-9-15(19)10-8-13)20-21-18(22)17-11-16(17)14-5-3-2-4-6-14/h2-10,16-17H,11,19H2,1H3,(H,21,22)/b20-12-/t16-,17-/m1/s1. The Labute approximate surface area is 130 Å². The average molecular weight is 293 g/mol. The topological polar surface area (TPSA) is 67.5 Å². The molecule has 2 atom stereocenters. The molecule has 2 aromatic rings. The Hall–Kier alpha value is -2.62. The van der Waals surface area contributed by atoms with E-state index in [0.29, 0.717) is 11.6 Å². The van der Waals surface area contributed by atoms with Crippen LogP contribution in [-0.2, 0) is 4.79 Å². The molecule has 0 heterocycles. The van der Waals surface area contributed by atoms with Crippen LogP contribution in [0.1, 0.15) is 30.4 Å². The minimum absolute atomic E-state index is 0.0105. The van der Waals surface area contributed by atoms with Gasteiger partial charge in [-0.25, -0.2) is 5.43 Å². The third-order valence-corrected chi connectivity index (χ3v) is 4.02. The van der Waals surface area contributed by atoms with Crippen molar-refractivity contribution < 1.29 is 4.79 Å². The number of hydrogen-bond acceptors (Lipinski definition) is 3. The Morgan fingerprint density at radius 2 is 1.82 bits per heavy atom. The first kappa shape index (κ1) is 14.3. The molecular formula is C18H19N3O. The fourth-order valence-corrected chi connectivity index (χ4v) is 2.56. The van der Waals surface area contributed by atoms with E-state index in [4.69, 9.17) is 5.73 Å². The van der Waals surface area contributed by atoms with Crippen molar-refractivity contribution in [2.45, 2.75) is 19.3 Å². The van der Waals surface area contributed by atoms with E-state index < -0.39 is 0 Å². The van der Waals surface area contributed by atoms with Gasteiger partial charge in [-0.3, -0.25) is 4.79 Å². The third-order valence-electron chi connectivity index (χ3n) is 4.02. The van der Waals surface area contributed by atoms with Crippen molar-refractivity contribution in [1.29, 1.82) is 0 Å². The molecule has 1 saturated carbocycles. The number of carbonyl (C=O) groups excluding carboxylic acids is 1. The Balaban J connectivity index is 1.59. The number of benzene rings is 2. The highest BCUT2D eigenvalue weighted by molar-refractivity contribution is 5.99. The lowest BCUT2D eigenvalue weighted by molar-refractivity contribution is -0.122. The summed E-state index contributed by atoms with van der Waals surface area (Å²) in [6.45, 7) is 1.87. The number of nitrogens with one attached hydrogen (secondary N) is 1. The summed E-state index contributed by atoms with van der Waals surface area (Å²) in [4.78, 5) is 12.1. The molecule has 1 fully saturated rings. The monoisotopic (exact) mass is 293 g/mol. The minimum atomic E-state index is -0.0105. The maximum atomic E-state index is 12.1. The molecule has 1 aliphatic rings. The fraction of sp³-hybridized carbons (Fsp3) is 0.222. The lowest BCUT2D eigenvalue weighted by atomic mass is 10.1. The summed E-state index contributed by atoms with van der Waals surface area (Å²) in [5.41, 5.74) is 12.0. The second kappa shape index (κ2) is 6.02. The Morgan fingerprint density at radius 1 is 1.14 bits per heavy atom. The smallest absolute Gasteiger partial charge is 0.243 e. The van der Waals surface area contributed by atoms with Gasteiger partial charge in [0.1, 0.15) is 0 Å². The van der Waals surface area contributed by atoms with Crippen LogP contribution in [0.25, 0.3) is 0 Å². The fourth-order valence-electron chi connectivity index (χ4n) is 2.56. The largest absolute Gasteiger partial charge is 0.399 e. The zero-order valence-corrected chi connectivity index (χ0v) is 12.5. The molecular weight excluding hydrogens is 274 g/mol. The number of nitrogens with two attached hydrogens (primary N) is 1. The highest BCUT2D eigenvalue weighted by atomic mass is 16.2. The average Bonchev–Trinajstić information content (AvgIpc) is 3.34. The second-order valence-corrected chi connectivity index (χ2v) is 5.65. The van der Waals surface area contributed by atoms with E-state index in [9.17, 15) is 4.79 Å². The van der Waals surface area contributed by atoms with E-state index in [2.05, 4.69) is 22.7 Å². The summed E-state index contributed by atoms with van der Waals surface area (Å²) in [7, 11) is 0. The lowest BCUT2D eigenvalue weighted by Gasteiger charge is -2.03. The van der Waals surface area contributed by atoms with E-state index in [1.165, 1.54) is 5.56 Å². The van der Waals surface area contributed by atoms with Crippen molar-refractivity contribution in [3.63, 3.8) is 0 Å². The molecule has 2 aromatic carbocycles. The zero-order chi connectivity index (χ0) is 15.5. The van der Waals surface area contributed by atoms with Crippen LogP contribution in [0.15, 0.2) is 59.7 Å². The summed E-state index contributed by atoms with van der Waals surface area (Å²) in [6.07, 6.45) is 0.895. The summed E-state index contributed by atoms with van der Waals surface area (Å²) < 4.78 is 0. The molecule has 0 unspecified atom stereocenters. The Kier molecular flexibility index (Phi) is 3.92. The number of hydrogen-bond donors (Lipinski definition) is 2. The van der Waals surface area contributed by atoms with Gasteiger partial charge in [0.25, 0.3) is 0 Å². The number of anilines is 1. The predicted molar refractivity (Wildman–Crippen MR) is 88.5 cm³/mol. The predicted octanol–water partition coefficient (Wildman–Crippen LogP) is 2.91. The number of rotatable bonds is 4. The van der Waals surface area contributed by atoms with Gasteiger partial charge in [-0.15, -0.1) is 0 Å². The van der Waals surface area contributed by atoms with E-state index in [0.717, 1.165) is 17.7 Å². The van der Waals surface area contributed by atoms with Crippen LogP contribution in [0, 0.1) is 5.92 Å². The van der Waals surface area contributed by atoms with Crippen molar-refractivity contribution in [2.75, 3.05) is 5.73 Å². The first-order chi connectivity index (χ1) is 10.6. The van der Waals surface area contributed by atoms with Crippen molar-refractivity contribution in [1.82, 2.24) is 5.43 Å². The Morgan fingerprint density at radius 3 is 2.50 bits per heavy atom. The normalized spacial score (nSPS) is 20.5. The van der Waals surface area contributed by atoms with Crippen LogP contribution in [0.2, 0.25) is 0 Å². The van der Waals surface area contributed by atoms with E-state index in [1.807, 2.05) is 49.4 Å². The second-order valence-electron chi connectivity index (χ2n) is 5.65. The number of amides is 1. The number of carbonyl (C=O) groups is 1. The molecule has 0 aromatic heterocycles. The molecule has 0 bridgehead atoms. The first-order valence-electron chi connectivity index (χ1n) is 7.40. The van der Waals surface area contributed by atoms with Gasteiger partial charge in [0.15, 0.2) is 0 Å². The minimum Gasteiger partial charge on any atom is -0.399 e. The first-order valence-corrected chi connectivity index (χ1v) is 7.40. The van der Waals surface area contributed by atoms with Crippen LogP contribution in [0.4, 0.5) is 5.69 Å². The summed E-state index contributed by atoms with van der Waals surface area (Å²) >= 11 is 0. The van der Waals surface area contributed by atoms with E-state index in [-0.39, 0.29) is 11.8 Å². The number of nitrogens with zero attached hydrogens (tertiary/aromatic N) is 1. The van der Waals surface area contributed by atoms with E-state index in [1.54, 1.807) is 0 Å². The SMILES string of the molecule is C/C(=N/NC(=O)[C@@H]1C[C@@H]1c1ccccc1)c1ccc(N)cc1. The zero-order valence-electron chi connectivity index (χ0n) is 12.5. The van der Waals surface area contributed by atoms with Gasteiger partial charge in [0.2, 0.25) is 5.91 Å². The van der Waals surface area contributed by atoms with Gasteiger partial charge >= 0.3 is 0 Å². The molecule has 4 heteroatoms. The van der Waals surface area contributed by atoms with Crippen LogP contribution in [0.5, 0.6) is 0 Å². The molecule has 22 heavy (non-hydrogen) atoms. The van der Waals surface area contributed by atoms with Crippen LogP contribution in [-0.4, -0.2) is 11.6 Å². The summed E-state index contributed by atoms with van der Waals surface area (Å²) in [5.74, 6) is 0.349. The molecule has 0 spiro atoms. The van der Waals surface area contributed by atoms with Gasteiger partial charge in [-0.2, -0.15) is 5.10 Å². The van der Waals surface area contributed by atoms with Crippen molar-refractivity contribution in [2.24, 2.45) is 11.0 Å². The third kappa shape index (κ3) is 3.17. The maximum Gasteiger partial charge on any atom is 0.243 e. The van der Waals surface area contributed by atoms with Gasteiger partial charge in [-0.05, 0) is 42.5 Å². The molecule has 112 valence electrons. The Bertz CT molecular complexity index is 692. The van der Waals surface area contributed by atoms with Gasteiger partial charge in [0, 0.05) is 11.6 Å². The highest BCUT2D eigenvalue weighted by Crippen LogP contribution is 2.47. The highest BCUT2D eigenvalue weighted by Gasteiger charge is 2.43. The molecule has 4 nitrogen and oxygen atoms in total. The molecule has 0 aliphatic heterocycles. The number of hydrazone groups is 1. The van der Waals surface area contributed by atoms with Crippen molar-refractivity contribution in [3.05, 3.63) is 65.7 Å². The van der Waals surface area contributed by atoms with Crippen LogP contribution < -0.4 is 11.2 Å². The van der Waals surface area contributed by atoms with Gasteiger partial charge in [-0.1, -0.05) is 42.5 Å². The molecule has 1 amide bonds. The van der Waals surface area contributed by atoms with Crippen LogP contribution >= 0.6 is 0 Å². The number of nitrogen functional groups attached to an aromatic ring is 1. The van der Waals surface area contributed by atoms with Gasteiger partial charge in [0.05, 0.1) is 5.71 Å². The van der Waals surface area contributed by atoms with Crippen molar-refractivity contribution in [3.8, 4) is 0 Å². The molecule has 3 rings (SSSR count). The summed E-state index contributed by atoms with van der Waals surface area (Å²) in [6, 6.07) is 17.6. The molecule has 1 aliphatic carbocycles. The molecule has 0 radical (unpaired) electrons. The van der Waals surface area contributed by atoms with Crippen molar-refractivity contribution >= 4 is 17.3 Å². The molecule has 0 saturated heterocycles. The quantitative estimate of drug-likeness (QED) is 0.517. The van der Waals surface area contributed by atoms with E-state index >= 15 is 0 Å². The maximum absolute atomic E-state index is 12.1. The molecule has 3 N–H and O–H groups in total.